The molecule has 1 heterocycles. The molecule has 2 aromatic rings. The van der Waals surface area contributed by atoms with Gasteiger partial charge in [-0.15, -0.1) is 0 Å². The van der Waals surface area contributed by atoms with Crippen LogP contribution in [0.3, 0.4) is 0 Å². The summed E-state index contributed by atoms with van der Waals surface area (Å²) in [7, 11) is 0. The van der Waals surface area contributed by atoms with Gasteiger partial charge in [0, 0.05) is 12.5 Å². The first-order chi connectivity index (χ1) is 10.1. The zero-order valence-corrected chi connectivity index (χ0v) is 12.8. The van der Waals surface area contributed by atoms with E-state index in [1.54, 1.807) is 0 Å². The Morgan fingerprint density at radius 1 is 1.10 bits per heavy atom. The molecule has 2 N–H and O–H groups in total. The molecule has 1 aliphatic rings. The molecule has 1 aliphatic heterocycles. The lowest BCUT2D eigenvalue weighted by Crippen LogP contribution is -2.39. The number of benzene rings is 2. The van der Waals surface area contributed by atoms with Crippen molar-refractivity contribution in [1.82, 2.24) is 0 Å². The normalized spacial score (nSPS) is 18.4. The van der Waals surface area contributed by atoms with Gasteiger partial charge in [0.15, 0.2) is 0 Å². The van der Waals surface area contributed by atoms with E-state index in [-0.39, 0.29) is 12.1 Å². The lowest BCUT2D eigenvalue weighted by Gasteiger charge is -2.19. The van der Waals surface area contributed by atoms with Gasteiger partial charge >= 0.3 is 0 Å². The smallest absolute Gasteiger partial charge is 0.123 e. The zero-order chi connectivity index (χ0) is 14.8. The first-order valence-electron chi connectivity index (χ1n) is 7.72. The first kappa shape index (κ1) is 14.2. The highest BCUT2D eigenvalue weighted by Crippen LogP contribution is 2.29. The molecule has 2 aromatic carbocycles. The van der Waals surface area contributed by atoms with Crippen molar-refractivity contribution in [3.8, 4) is 5.75 Å². The summed E-state index contributed by atoms with van der Waals surface area (Å²) in [5, 5.41) is 0. The molecule has 21 heavy (non-hydrogen) atoms. The van der Waals surface area contributed by atoms with Gasteiger partial charge in [-0.1, -0.05) is 56.3 Å². The average molecular weight is 281 g/mol. The van der Waals surface area contributed by atoms with Crippen molar-refractivity contribution in [2.45, 2.75) is 44.8 Å². The lowest BCUT2D eigenvalue weighted by atomic mass is 9.96. The van der Waals surface area contributed by atoms with Crippen molar-refractivity contribution < 1.29 is 4.74 Å². The number of fused-ring (bicyclic) bond motifs is 1. The molecule has 2 atom stereocenters. The molecule has 2 heteroatoms. The van der Waals surface area contributed by atoms with Crippen LogP contribution in [-0.2, 0) is 12.8 Å². The monoisotopic (exact) mass is 281 g/mol. The molecule has 2 nitrogen and oxygen atoms in total. The van der Waals surface area contributed by atoms with Crippen LogP contribution in [0.25, 0.3) is 0 Å². The van der Waals surface area contributed by atoms with E-state index in [0.717, 1.165) is 18.6 Å². The Hall–Kier alpha value is -1.80. The van der Waals surface area contributed by atoms with Crippen molar-refractivity contribution in [1.29, 1.82) is 0 Å². The summed E-state index contributed by atoms with van der Waals surface area (Å²) in [4.78, 5) is 0. The maximum atomic E-state index is 6.36. The second-order valence-electron chi connectivity index (χ2n) is 6.23. The van der Waals surface area contributed by atoms with Crippen LogP contribution in [0.2, 0.25) is 0 Å². The number of ether oxygens (including phenoxy) is 1. The summed E-state index contributed by atoms with van der Waals surface area (Å²) in [5.41, 5.74) is 10.3. The van der Waals surface area contributed by atoms with Crippen LogP contribution < -0.4 is 10.5 Å². The number of hydrogen-bond acceptors (Lipinski definition) is 2. The second kappa shape index (κ2) is 5.90. The molecular formula is C19H23NO. The number of para-hydroxylation sites is 1. The molecule has 0 fully saturated rings. The highest BCUT2D eigenvalue weighted by molar-refractivity contribution is 5.38. The minimum atomic E-state index is 0.0299. The van der Waals surface area contributed by atoms with Gasteiger partial charge in [-0.05, 0) is 35.1 Å². The average Bonchev–Trinajstić information content (AvgIpc) is 2.92. The summed E-state index contributed by atoms with van der Waals surface area (Å²) in [6.07, 6.45) is 1.87. The second-order valence-corrected chi connectivity index (χ2v) is 6.23. The summed E-state index contributed by atoms with van der Waals surface area (Å²) in [6, 6.07) is 17.0. The van der Waals surface area contributed by atoms with Crippen LogP contribution in [0.1, 0.15) is 36.5 Å². The molecule has 0 saturated carbocycles. The molecule has 2 unspecified atom stereocenters. The van der Waals surface area contributed by atoms with Crippen molar-refractivity contribution >= 4 is 0 Å². The van der Waals surface area contributed by atoms with Gasteiger partial charge in [-0.2, -0.15) is 0 Å². The third-order valence-corrected chi connectivity index (χ3v) is 4.27. The third-order valence-electron chi connectivity index (χ3n) is 4.27. The molecule has 0 bridgehead atoms. The summed E-state index contributed by atoms with van der Waals surface area (Å²) in [6.45, 7) is 4.43. The molecule has 0 spiro atoms. The predicted molar refractivity (Wildman–Crippen MR) is 86.8 cm³/mol. The molecule has 0 aliphatic carbocycles. The zero-order valence-electron chi connectivity index (χ0n) is 12.8. The van der Waals surface area contributed by atoms with E-state index in [2.05, 4.69) is 50.2 Å². The minimum Gasteiger partial charge on any atom is -0.488 e. The topological polar surface area (TPSA) is 35.2 Å². The molecule has 0 radical (unpaired) electrons. The van der Waals surface area contributed by atoms with Gasteiger partial charge in [0.1, 0.15) is 11.9 Å². The van der Waals surface area contributed by atoms with E-state index >= 15 is 0 Å². The summed E-state index contributed by atoms with van der Waals surface area (Å²) in [5.74, 6) is 1.56. The first-order valence-corrected chi connectivity index (χ1v) is 7.72. The Kier molecular flexibility index (Phi) is 3.98. The van der Waals surface area contributed by atoms with Crippen LogP contribution in [0, 0.1) is 0 Å². The van der Waals surface area contributed by atoms with Crippen molar-refractivity contribution in [3.05, 3.63) is 65.2 Å². The van der Waals surface area contributed by atoms with Crippen molar-refractivity contribution in [3.63, 3.8) is 0 Å². The fraction of sp³-hybridized carbons (Fsp3) is 0.368. The van der Waals surface area contributed by atoms with Crippen LogP contribution in [0.4, 0.5) is 0 Å². The standard InChI is InChI=1S/C19H23NO/c1-13(2)15-9-7-14(8-10-15)11-17(20)19-12-16-5-3-4-6-18(16)21-19/h3-10,13,17,19H,11-12,20H2,1-2H3. The Balaban J connectivity index is 1.63. The maximum absolute atomic E-state index is 6.36. The van der Waals surface area contributed by atoms with Gasteiger partial charge in [0.2, 0.25) is 0 Å². The van der Waals surface area contributed by atoms with Gasteiger partial charge in [-0.25, -0.2) is 0 Å². The van der Waals surface area contributed by atoms with Gasteiger partial charge < -0.3 is 10.5 Å². The van der Waals surface area contributed by atoms with Gasteiger partial charge in [-0.3, -0.25) is 0 Å². The molecule has 0 aromatic heterocycles. The number of hydrogen-bond donors (Lipinski definition) is 1. The molecule has 0 saturated heterocycles. The van der Waals surface area contributed by atoms with Crippen LogP contribution in [0.5, 0.6) is 5.75 Å². The fourth-order valence-electron chi connectivity index (χ4n) is 2.89. The van der Waals surface area contributed by atoms with Crippen LogP contribution in [-0.4, -0.2) is 12.1 Å². The van der Waals surface area contributed by atoms with E-state index in [1.165, 1.54) is 16.7 Å². The van der Waals surface area contributed by atoms with E-state index in [4.69, 9.17) is 10.5 Å². The number of nitrogens with two attached hydrogens (primary N) is 1. The Morgan fingerprint density at radius 2 is 1.81 bits per heavy atom. The molecule has 0 amide bonds. The Morgan fingerprint density at radius 3 is 2.48 bits per heavy atom. The van der Waals surface area contributed by atoms with Gasteiger partial charge in [0.25, 0.3) is 0 Å². The Bertz CT molecular complexity index is 578. The van der Waals surface area contributed by atoms with Crippen molar-refractivity contribution in [2.24, 2.45) is 5.73 Å². The molecular weight excluding hydrogens is 258 g/mol. The highest BCUT2D eigenvalue weighted by Gasteiger charge is 2.27. The van der Waals surface area contributed by atoms with E-state index < -0.39 is 0 Å². The minimum absolute atomic E-state index is 0.0299. The Labute approximate surface area is 126 Å². The third kappa shape index (κ3) is 3.11. The summed E-state index contributed by atoms with van der Waals surface area (Å²) >= 11 is 0. The fourth-order valence-corrected chi connectivity index (χ4v) is 2.89. The largest absolute Gasteiger partial charge is 0.488 e. The van der Waals surface area contributed by atoms with Crippen LogP contribution >= 0.6 is 0 Å². The molecule has 110 valence electrons. The quantitative estimate of drug-likeness (QED) is 0.927. The van der Waals surface area contributed by atoms with E-state index in [1.807, 2.05) is 12.1 Å². The highest BCUT2D eigenvalue weighted by atomic mass is 16.5. The molecule has 3 rings (SSSR count). The summed E-state index contributed by atoms with van der Waals surface area (Å²) < 4.78 is 5.98. The SMILES string of the molecule is CC(C)c1ccc(CC(N)C2Cc3ccccc3O2)cc1. The van der Waals surface area contributed by atoms with E-state index in [0.29, 0.717) is 5.92 Å². The van der Waals surface area contributed by atoms with Crippen LogP contribution in [0.15, 0.2) is 48.5 Å². The number of rotatable bonds is 4. The van der Waals surface area contributed by atoms with Crippen molar-refractivity contribution in [2.75, 3.05) is 0 Å². The van der Waals surface area contributed by atoms with E-state index in [9.17, 15) is 0 Å². The maximum Gasteiger partial charge on any atom is 0.123 e. The predicted octanol–water partition coefficient (Wildman–Crippen LogP) is 3.68. The van der Waals surface area contributed by atoms with Gasteiger partial charge in [0.05, 0.1) is 0 Å². The lowest BCUT2D eigenvalue weighted by molar-refractivity contribution is 0.198.